The summed E-state index contributed by atoms with van der Waals surface area (Å²) in [6.07, 6.45) is -0.733. The number of nitrogens with one attached hydrogen (secondary N) is 1. The molecule has 2 aromatic carbocycles. The first-order chi connectivity index (χ1) is 26.4. The van der Waals surface area contributed by atoms with E-state index in [4.69, 9.17) is 28.2 Å². The summed E-state index contributed by atoms with van der Waals surface area (Å²) in [5, 5.41) is 16.7. The van der Waals surface area contributed by atoms with E-state index in [9.17, 15) is 23.2 Å². The molecule has 4 saturated heterocycles. The molecule has 6 fully saturated rings. The molecule has 6 atom stereocenters. The van der Waals surface area contributed by atoms with Crippen molar-refractivity contribution >= 4 is 67.4 Å². The Hall–Kier alpha value is -3.96. The fourth-order valence-corrected chi connectivity index (χ4v) is 11.3. The Morgan fingerprint density at radius 2 is 1.93 bits per heavy atom. The topological polar surface area (TPSA) is 90.1 Å². The Kier molecular flexibility index (Phi) is 8.24. The van der Waals surface area contributed by atoms with Gasteiger partial charge in [0.05, 0.1) is 39.8 Å². The lowest BCUT2D eigenvalue weighted by atomic mass is 9.79. The number of pyridine rings is 1. The number of hydrogen-bond donors (Lipinski definition) is 1. The number of carbonyl (C=O) groups is 1. The summed E-state index contributed by atoms with van der Waals surface area (Å²) in [4.78, 5) is 27.2. The zero-order chi connectivity index (χ0) is 38.1. The maximum atomic E-state index is 17.3. The molecule has 7 heterocycles. The number of rotatable bonds is 7. The lowest BCUT2D eigenvalue weighted by Gasteiger charge is -2.40. The first-order valence-electron chi connectivity index (χ1n) is 18.7. The summed E-state index contributed by atoms with van der Waals surface area (Å²) in [5.41, 5.74) is 3.03. The van der Waals surface area contributed by atoms with Crippen LogP contribution in [-0.4, -0.2) is 57.1 Å². The predicted molar refractivity (Wildman–Crippen MR) is 204 cm³/mol. The number of benzene rings is 2. The Labute approximate surface area is 328 Å². The van der Waals surface area contributed by atoms with Crippen molar-refractivity contribution in [3.05, 3.63) is 74.2 Å². The second kappa shape index (κ2) is 12.8. The average Bonchev–Trinajstić information content (AvgIpc) is 3.56. The molecule has 55 heavy (non-hydrogen) atoms. The Morgan fingerprint density at radius 1 is 1.11 bits per heavy atom. The summed E-state index contributed by atoms with van der Waals surface area (Å²) in [7, 11) is 0. The Balaban J connectivity index is 1.19. The minimum Gasteiger partial charge on any atom is -0.346 e. The second-order valence-electron chi connectivity index (χ2n) is 15.8. The molecule has 6 aliphatic rings. The van der Waals surface area contributed by atoms with Crippen molar-refractivity contribution in [2.75, 3.05) is 24.5 Å². The number of likely N-dealkylation sites (tertiary alicyclic amines) is 1. The standard InChI is InChI=1S/C40H35Cl2F4N7OS/c1-18-25-13-29(36-22-10-23(52(36)38(54)19-7-8-19)16-51(15-22)39-50-30(17-55-39)40(44,45)46)53(35-21-12-28(35)48-14-21)37(25)26-11-20(4-3-9-47)31(33(43)34(26)49-18)24-5-2-6-27(41)32(24)42/h2,5-6,11,13,17,19,21-23,28,35-36,48H,3-4,7-8,10,12,14-16H2,1H3. The minimum absolute atomic E-state index is 0.0490. The van der Waals surface area contributed by atoms with Crippen LogP contribution in [0, 0.1) is 41.8 Å². The number of nitrogens with zero attached hydrogens (tertiary/aromatic N) is 6. The molecular weight excluding hydrogens is 773 g/mol. The Bertz CT molecular complexity index is 2460. The van der Waals surface area contributed by atoms with Crippen LogP contribution in [0.2, 0.25) is 10.0 Å². The number of aryl methyl sites for hydroxylation is 2. The van der Waals surface area contributed by atoms with Crippen molar-refractivity contribution in [3.8, 4) is 17.2 Å². The van der Waals surface area contributed by atoms with Gasteiger partial charge in [-0.3, -0.25) is 4.79 Å². The number of piperidine rings is 1. The van der Waals surface area contributed by atoms with Crippen molar-refractivity contribution in [2.45, 2.75) is 75.8 Å². The van der Waals surface area contributed by atoms with Crippen molar-refractivity contribution < 1.29 is 22.4 Å². The van der Waals surface area contributed by atoms with Crippen LogP contribution < -0.4 is 10.2 Å². The zero-order valence-electron chi connectivity index (χ0n) is 29.6. The number of hydrogen-bond acceptors (Lipinski definition) is 7. The van der Waals surface area contributed by atoms with Gasteiger partial charge < -0.3 is 19.7 Å². The fourth-order valence-electron chi connectivity index (χ4n) is 10.0. The van der Waals surface area contributed by atoms with Gasteiger partial charge >= 0.3 is 6.18 Å². The van der Waals surface area contributed by atoms with Crippen LogP contribution in [0.3, 0.4) is 0 Å². The number of amides is 1. The summed E-state index contributed by atoms with van der Waals surface area (Å²) in [6, 6.07) is 11.1. The largest absolute Gasteiger partial charge is 0.434 e. The lowest BCUT2D eigenvalue weighted by Crippen LogP contribution is -2.45. The van der Waals surface area contributed by atoms with Gasteiger partial charge in [0.25, 0.3) is 0 Å². The Morgan fingerprint density at radius 3 is 2.62 bits per heavy atom. The SMILES string of the molecule is Cc1nc2c(F)c(-c3cccc(Cl)c3Cl)c(CCC#N)cc2c2c1cc(C1C3CC(CN(c4nc(C(F)(F)F)cs4)C3)N1C(=O)C1CC1)n2C1C2CNC1C2. The van der Waals surface area contributed by atoms with E-state index in [0.717, 1.165) is 65.5 Å². The molecule has 15 heteroatoms. The molecule has 2 saturated carbocycles. The lowest BCUT2D eigenvalue weighted by molar-refractivity contribution is -0.140. The number of halogens is 6. The number of thiazole rings is 1. The number of fused-ring (bicyclic) bond motifs is 6. The van der Waals surface area contributed by atoms with Crippen molar-refractivity contribution in [2.24, 2.45) is 17.8 Å². The van der Waals surface area contributed by atoms with Gasteiger partial charge in [0.15, 0.2) is 16.6 Å². The third kappa shape index (κ3) is 5.49. The smallest absolute Gasteiger partial charge is 0.346 e. The third-order valence-corrected chi connectivity index (χ3v) is 14.3. The average molecular weight is 809 g/mol. The van der Waals surface area contributed by atoms with Gasteiger partial charge in [-0.2, -0.15) is 18.4 Å². The van der Waals surface area contributed by atoms with E-state index >= 15 is 4.39 Å². The molecule has 6 unspecified atom stereocenters. The highest BCUT2D eigenvalue weighted by atomic mass is 35.5. The van der Waals surface area contributed by atoms with E-state index in [1.807, 2.05) is 22.8 Å². The molecule has 4 aliphatic heterocycles. The molecule has 5 aromatic rings. The van der Waals surface area contributed by atoms with Gasteiger partial charge in [-0.15, -0.1) is 11.3 Å². The van der Waals surface area contributed by atoms with Gasteiger partial charge in [-0.25, -0.2) is 14.4 Å². The molecule has 3 aromatic heterocycles. The molecule has 8 nitrogen and oxygen atoms in total. The summed E-state index contributed by atoms with van der Waals surface area (Å²) >= 11 is 14.1. The van der Waals surface area contributed by atoms with Crippen molar-refractivity contribution in [1.29, 1.82) is 5.26 Å². The second-order valence-corrected chi connectivity index (χ2v) is 17.4. The van der Waals surface area contributed by atoms with Crippen LogP contribution in [0.25, 0.3) is 32.9 Å². The van der Waals surface area contributed by atoms with Crippen LogP contribution in [0.15, 0.2) is 35.7 Å². The van der Waals surface area contributed by atoms with Crippen LogP contribution in [0.4, 0.5) is 22.7 Å². The molecule has 4 bridgehead atoms. The predicted octanol–water partition coefficient (Wildman–Crippen LogP) is 9.26. The number of nitriles is 1. The highest BCUT2D eigenvalue weighted by Gasteiger charge is 2.55. The van der Waals surface area contributed by atoms with E-state index in [0.29, 0.717) is 46.3 Å². The van der Waals surface area contributed by atoms with E-state index in [1.54, 1.807) is 18.2 Å². The van der Waals surface area contributed by atoms with E-state index in [2.05, 4.69) is 27.0 Å². The van der Waals surface area contributed by atoms with E-state index in [1.165, 1.54) is 0 Å². The fraction of sp³-hybridized carbons (Fsp3) is 0.450. The van der Waals surface area contributed by atoms with Gasteiger partial charge in [0.1, 0.15) is 5.52 Å². The molecule has 0 spiro atoms. The first-order valence-corrected chi connectivity index (χ1v) is 20.4. The van der Waals surface area contributed by atoms with Crippen molar-refractivity contribution in [3.63, 3.8) is 0 Å². The molecule has 1 N–H and O–H groups in total. The van der Waals surface area contributed by atoms with Crippen LogP contribution in [0.1, 0.15) is 66.8 Å². The van der Waals surface area contributed by atoms with Crippen LogP contribution >= 0.6 is 34.5 Å². The quantitative estimate of drug-likeness (QED) is 0.165. The van der Waals surface area contributed by atoms with E-state index in [-0.39, 0.29) is 75.9 Å². The number of alkyl halides is 3. The molecule has 0 radical (unpaired) electrons. The van der Waals surface area contributed by atoms with Gasteiger partial charge in [0, 0.05) is 82.6 Å². The first kappa shape index (κ1) is 35.5. The third-order valence-electron chi connectivity index (χ3n) is 12.6. The summed E-state index contributed by atoms with van der Waals surface area (Å²) in [6.45, 7) is 3.57. The normalized spacial score (nSPS) is 25.9. The number of anilines is 1. The zero-order valence-corrected chi connectivity index (χ0v) is 32.0. The highest BCUT2D eigenvalue weighted by Crippen LogP contribution is 2.54. The summed E-state index contributed by atoms with van der Waals surface area (Å²) in [5.74, 6) is -0.260. The van der Waals surface area contributed by atoms with E-state index < -0.39 is 17.7 Å². The van der Waals surface area contributed by atoms with Crippen LogP contribution in [-0.2, 0) is 17.4 Å². The molecule has 284 valence electrons. The monoisotopic (exact) mass is 807 g/mol. The molecule has 11 rings (SSSR count). The maximum Gasteiger partial charge on any atom is 0.434 e. The molecule has 2 aliphatic carbocycles. The minimum atomic E-state index is -4.54. The van der Waals surface area contributed by atoms with Crippen LogP contribution in [0.5, 0.6) is 0 Å². The maximum absolute atomic E-state index is 17.3. The van der Waals surface area contributed by atoms with Gasteiger partial charge in [-0.1, -0.05) is 35.3 Å². The van der Waals surface area contributed by atoms with Gasteiger partial charge in [-0.05, 0) is 68.7 Å². The number of carbonyl (C=O) groups excluding carboxylic acids is 1. The molecule has 1 amide bonds. The number of aromatic nitrogens is 3. The van der Waals surface area contributed by atoms with Gasteiger partial charge in [0.2, 0.25) is 5.91 Å². The highest BCUT2D eigenvalue weighted by molar-refractivity contribution is 7.13. The van der Waals surface area contributed by atoms with Crippen molar-refractivity contribution in [1.82, 2.24) is 24.8 Å². The molecular formula is C40H35Cl2F4N7OS. The summed E-state index contributed by atoms with van der Waals surface area (Å²) < 4.78 is 60.5.